The molecule has 7 nitrogen and oxygen atoms in total. The van der Waals surface area contributed by atoms with Crippen LogP contribution in [0.15, 0.2) is 90.3 Å². The van der Waals surface area contributed by atoms with Crippen LogP contribution in [0.4, 0.5) is 5.69 Å². The Bertz CT molecular complexity index is 1260. The number of hydrogen-bond acceptors (Lipinski definition) is 6. The van der Waals surface area contributed by atoms with Crippen molar-refractivity contribution in [1.29, 1.82) is 0 Å². The molecule has 0 saturated heterocycles. The molecule has 8 heteroatoms. The highest BCUT2D eigenvalue weighted by Gasteiger charge is 2.15. The van der Waals surface area contributed by atoms with Gasteiger partial charge in [0.15, 0.2) is 10.9 Å². The number of nitrogens with zero attached hydrogens (tertiary/aromatic N) is 3. The van der Waals surface area contributed by atoms with Gasteiger partial charge in [0.1, 0.15) is 12.1 Å². The number of benzene rings is 3. The third-order valence-electron chi connectivity index (χ3n) is 4.89. The molecule has 1 amide bonds. The SMILES string of the molecule is COc1cccc(-n2cnnc2SCCC(=O)Nc2ccccc2C(=O)c2ccccc2)c1. The number of methoxy groups -OCH3 is 1. The van der Waals surface area contributed by atoms with E-state index in [0.29, 0.717) is 27.7 Å². The first-order valence-corrected chi connectivity index (χ1v) is 11.3. The molecule has 4 rings (SSSR count). The summed E-state index contributed by atoms with van der Waals surface area (Å²) in [6.45, 7) is 0. The van der Waals surface area contributed by atoms with Gasteiger partial charge in [0, 0.05) is 29.4 Å². The van der Waals surface area contributed by atoms with Crippen LogP contribution in [0.25, 0.3) is 5.69 Å². The van der Waals surface area contributed by atoms with Crippen LogP contribution in [-0.2, 0) is 4.79 Å². The van der Waals surface area contributed by atoms with Crippen LogP contribution in [-0.4, -0.2) is 39.3 Å². The number of thioether (sulfide) groups is 1. The van der Waals surface area contributed by atoms with E-state index >= 15 is 0 Å². The number of anilines is 1. The lowest BCUT2D eigenvalue weighted by atomic mass is 10.0. The van der Waals surface area contributed by atoms with E-state index in [1.54, 1.807) is 49.8 Å². The molecule has 0 fully saturated rings. The van der Waals surface area contributed by atoms with Gasteiger partial charge >= 0.3 is 0 Å². The van der Waals surface area contributed by atoms with Crippen molar-refractivity contribution in [1.82, 2.24) is 14.8 Å². The highest BCUT2D eigenvalue weighted by atomic mass is 32.2. The van der Waals surface area contributed by atoms with Gasteiger partial charge in [-0.3, -0.25) is 14.2 Å². The lowest BCUT2D eigenvalue weighted by molar-refractivity contribution is -0.115. The Morgan fingerprint density at radius 3 is 2.61 bits per heavy atom. The quantitative estimate of drug-likeness (QED) is 0.291. The van der Waals surface area contributed by atoms with Crippen molar-refractivity contribution >= 4 is 29.1 Å². The van der Waals surface area contributed by atoms with Crippen molar-refractivity contribution in [2.24, 2.45) is 0 Å². The first-order valence-electron chi connectivity index (χ1n) is 10.3. The first kappa shape index (κ1) is 22.3. The number of amides is 1. The Morgan fingerprint density at radius 2 is 1.79 bits per heavy atom. The van der Waals surface area contributed by atoms with Gasteiger partial charge in [0.2, 0.25) is 5.91 Å². The maximum Gasteiger partial charge on any atom is 0.225 e. The van der Waals surface area contributed by atoms with Crippen molar-refractivity contribution in [2.45, 2.75) is 11.6 Å². The average Bonchev–Trinajstić information content (AvgIpc) is 3.33. The van der Waals surface area contributed by atoms with Gasteiger partial charge in [-0.1, -0.05) is 60.3 Å². The van der Waals surface area contributed by atoms with Crippen LogP contribution in [0.5, 0.6) is 5.75 Å². The monoisotopic (exact) mass is 458 g/mol. The predicted molar refractivity (Wildman–Crippen MR) is 128 cm³/mol. The van der Waals surface area contributed by atoms with Crippen molar-refractivity contribution in [3.8, 4) is 11.4 Å². The molecule has 0 bridgehead atoms. The van der Waals surface area contributed by atoms with Crippen LogP contribution < -0.4 is 10.1 Å². The third-order valence-corrected chi connectivity index (χ3v) is 5.83. The number of carbonyl (C=O) groups excluding carboxylic acids is 2. The number of ketones is 1. The minimum Gasteiger partial charge on any atom is -0.497 e. The minimum atomic E-state index is -0.178. The van der Waals surface area contributed by atoms with E-state index in [4.69, 9.17) is 4.74 Å². The number of carbonyl (C=O) groups is 2. The van der Waals surface area contributed by atoms with Crippen molar-refractivity contribution in [2.75, 3.05) is 18.2 Å². The smallest absolute Gasteiger partial charge is 0.225 e. The van der Waals surface area contributed by atoms with Crippen LogP contribution >= 0.6 is 11.8 Å². The highest BCUT2D eigenvalue weighted by Crippen LogP contribution is 2.24. The summed E-state index contributed by atoms with van der Waals surface area (Å²) in [4.78, 5) is 25.4. The number of nitrogens with one attached hydrogen (secondary N) is 1. The number of hydrogen-bond donors (Lipinski definition) is 1. The van der Waals surface area contributed by atoms with Crippen LogP contribution in [0.1, 0.15) is 22.3 Å². The first-order chi connectivity index (χ1) is 16.2. The fraction of sp³-hybridized carbons (Fsp3) is 0.120. The Hall–Kier alpha value is -3.91. The molecule has 0 unspecified atom stereocenters. The molecule has 0 aliphatic carbocycles. The summed E-state index contributed by atoms with van der Waals surface area (Å²) in [5.41, 5.74) is 2.41. The zero-order chi connectivity index (χ0) is 23.0. The zero-order valence-electron chi connectivity index (χ0n) is 18.0. The molecule has 0 atom stereocenters. The summed E-state index contributed by atoms with van der Waals surface area (Å²) in [7, 11) is 1.62. The molecule has 1 aromatic heterocycles. The van der Waals surface area contributed by atoms with E-state index in [9.17, 15) is 9.59 Å². The van der Waals surface area contributed by atoms with Crippen LogP contribution in [0.3, 0.4) is 0 Å². The summed E-state index contributed by atoms with van der Waals surface area (Å²) in [6.07, 6.45) is 1.88. The molecular formula is C25H22N4O3S. The second-order valence-electron chi connectivity index (χ2n) is 7.07. The molecule has 166 valence electrons. The van der Waals surface area contributed by atoms with Gasteiger partial charge in [0.05, 0.1) is 18.5 Å². The number of ether oxygens (including phenoxy) is 1. The van der Waals surface area contributed by atoms with Gasteiger partial charge < -0.3 is 10.1 Å². The fourth-order valence-corrected chi connectivity index (χ4v) is 4.11. The Kier molecular flexibility index (Phi) is 7.16. The standard InChI is InChI=1S/C25H22N4O3S/c1-32-20-11-7-10-19(16-20)29-17-26-28-25(29)33-15-14-23(30)27-22-13-6-5-12-21(22)24(31)18-8-3-2-4-9-18/h2-13,16-17H,14-15H2,1H3,(H,27,30). The number of aromatic nitrogens is 3. The molecule has 33 heavy (non-hydrogen) atoms. The second kappa shape index (κ2) is 10.6. The van der Waals surface area contributed by atoms with E-state index in [1.807, 2.05) is 47.0 Å². The Morgan fingerprint density at radius 1 is 1.00 bits per heavy atom. The van der Waals surface area contributed by atoms with Gasteiger partial charge in [-0.05, 0) is 24.3 Å². The van der Waals surface area contributed by atoms with E-state index in [0.717, 1.165) is 11.4 Å². The number of rotatable bonds is 9. The molecule has 0 aliphatic heterocycles. The van der Waals surface area contributed by atoms with Gasteiger partial charge in [-0.25, -0.2) is 0 Å². The normalized spacial score (nSPS) is 10.6. The molecule has 0 radical (unpaired) electrons. The van der Waals surface area contributed by atoms with Crippen molar-refractivity contribution < 1.29 is 14.3 Å². The Labute approximate surface area is 195 Å². The minimum absolute atomic E-state index is 0.132. The predicted octanol–water partition coefficient (Wildman–Crippen LogP) is 4.63. The largest absolute Gasteiger partial charge is 0.497 e. The van der Waals surface area contributed by atoms with E-state index in [1.165, 1.54) is 11.8 Å². The molecule has 0 aliphatic rings. The van der Waals surface area contributed by atoms with Gasteiger partial charge in [-0.15, -0.1) is 10.2 Å². The molecule has 0 saturated carbocycles. The second-order valence-corrected chi connectivity index (χ2v) is 8.13. The summed E-state index contributed by atoms with van der Waals surface area (Å²) in [5, 5.41) is 11.7. The third kappa shape index (κ3) is 5.48. The summed E-state index contributed by atoms with van der Waals surface area (Å²) >= 11 is 1.43. The molecule has 1 N–H and O–H groups in total. The van der Waals surface area contributed by atoms with Crippen molar-refractivity contribution in [3.63, 3.8) is 0 Å². The summed E-state index contributed by atoms with van der Waals surface area (Å²) < 4.78 is 7.12. The summed E-state index contributed by atoms with van der Waals surface area (Å²) in [5.74, 6) is 0.930. The van der Waals surface area contributed by atoms with Crippen LogP contribution in [0.2, 0.25) is 0 Å². The van der Waals surface area contributed by atoms with E-state index in [2.05, 4.69) is 15.5 Å². The molecule has 1 heterocycles. The van der Waals surface area contributed by atoms with E-state index in [-0.39, 0.29) is 18.1 Å². The maximum absolute atomic E-state index is 12.9. The van der Waals surface area contributed by atoms with Crippen molar-refractivity contribution in [3.05, 3.63) is 96.3 Å². The fourth-order valence-electron chi connectivity index (χ4n) is 3.24. The lowest BCUT2D eigenvalue weighted by Crippen LogP contribution is -2.15. The highest BCUT2D eigenvalue weighted by molar-refractivity contribution is 7.99. The van der Waals surface area contributed by atoms with E-state index < -0.39 is 0 Å². The van der Waals surface area contributed by atoms with Gasteiger partial charge in [-0.2, -0.15) is 0 Å². The van der Waals surface area contributed by atoms with Gasteiger partial charge in [0.25, 0.3) is 0 Å². The Balaban J connectivity index is 1.38. The number of para-hydroxylation sites is 1. The zero-order valence-corrected chi connectivity index (χ0v) is 18.8. The summed E-state index contributed by atoms with van der Waals surface area (Å²) in [6, 6.07) is 23.6. The molecule has 4 aromatic rings. The molecule has 3 aromatic carbocycles. The maximum atomic E-state index is 12.9. The lowest BCUT2D eigenvalue weighted by Gasteiger charge is -2.11. The molecular weight excluding hydrogens is 436 g/mol. The average molecular weight is 459 g/mol. The molecule has 0 spiro atoms. The van der Waals surface area contributed by atoms with Crippen LogP contribution in [0, 0.1) is 0 Å². The topological polar surface area (TPSA) is 86.1 Å².